The lowest BCUT2D eigenvalue weighted by Gasteiger charge is -2.13. The minimum Gasteiger partial charge on any atom is -0.398 e. The molecule has 0 fully saturated rings. The molecule has 1 amide bonds. The summed E-state index contributed by atoms with van der Waals surface area (Å²) in [4.78, 5) is 12.3. The Kier molecular flexibility index (Phi) is 3.18. The summed E-state index contributed by atoms with van der Waals surface area (Å²) in [6, 6.07) is 14.0. The van der Waals surface area contributed by atoms with Gasteiger partial charge in [-0.2, -0.15) is 0 Å². The molecule has 0 aliphatic heterocycles. The molecule has 3 rings (SSSR count). The maximum atomic E-state index is 12.3. The Morgan fingerprint density at radius 3 is 2.45 bits per heavy atom. The number of nitrogen functional groups attached to an aromatic ring is 1. The lowest BCUT2D eigenvalue weighted by molar-refractivity contribution is 0.0939. The molecular weight excluding hydrogens is 248 g/mol. The first-order chi connectivity index (χ1) is 9.63. The standard InChI is InChI=1S/C17H18N2O/c1-11-6-7-16(18)15(8-11)17(20)19-14-9-12-4-2-3-5-13(12)10-14/h2-8,14H,9-10,18H2,1H3,(H,19,20). The van der Waals surface area contributed by atoms with Crippen LogP contribution in [0, 0.1) is 6.92 Å². The number of aryl methyl sites for hydroxylation is 1. The monoisotopic (exact) mass is 266 g/mol. The topological polar surface area (TPSA) is 55.1 Å². The van der Waals surface area contributed by atoms with Gasteiger partial charge in [-0.1, -0.05) is 35.9 Å². The van der Waals surface area contributed by atoms with Crippen LogP contribution in [-0.2, 0) is 12.8 Å². The van der Waals surface area contributed by atoms with Crippen molar-refractivity contribution in [2.75, 3.05) is 5.73 Å². The van der Waals surface area contributed by atoms with E-state index >= 15 is 0 Å². The fourth-order valence-corrected chi connectivity index (χ4v) is 2.79. The highest BCUT2D eigenvalue weighted by Gasteiger charge is 2.23. The zero-order valence-electron chi connectivity index (χ0n) is 11.5. The van der Waals surface area contributed by atoms with Gasteiger partial charge in [-0.25, -0.2) is 0 Å². The van der Waals surface area contributed by atoms with Crippen molar-refractivity contribution in [2.24, 2.45) is 0 Å². The number of anilines is 1. The van der Waals surface area contributed by atoms with Gasteiger partial charge in [-0.3, -0.25) is 4.79 Å². The quantitative estimate of drug-likeness (QED) is 0.820. The zero-order chi connectivity index (χ0) is 14.1. The van der Waals surface area contributed by atoms with Crippen LogP contribution in [0.15, 0.2) is 42.5 Å². The van der Waals surface area contributed by atoms with E-state index in [1.807, 2.05) is 31.2 Å². The number of fused-ring (bicyclic) bond motifs is 1. The van der Waals surface area contributed by atoms with Gasteiger partial charge >= 0.3 is 0 Å². The molecule has 3 nitrogen and oxygen atoms in total. The van der Waals surface area contributed by atoms with Crippen molar-refractivity contribution in [1.29, 1.82) is 0 Å². The van der Waals surface area contributed by atoms with Crippen molar-refractivity contribution in [1.82, 2.24) is 5.32 Å². The Bertz CT molecular complexity index is 639. The molecule has 0 unspecified atom stereocenters. The van der Waals surface area contributed by atoms with E-state index in [9.17, 15) is 4.79 Å². The van der Waals surface area contributed by atoms with Gasteiger partial charge in [-0.05, 0) is 43.0 Å². The van der Waals surface area contributed by atoms with Crippen molar-refractivity contribution in [3.8, 4) is 0 Å². The number of rotatable bonds is 2. The van der Waals surface area contributed by atoms with E-state index in [2.05, 4.69) is 17.4 Å². The lowest BCUT2D eigenvalue weighted by atomic mass is 10.1. The van der Waals surface area contributed by atoms with Gasteiger partial charge in [0.25, 0.3) is 5.91 Å². The molecule has 1 aliphatic rings. The molecule has 3 heteroatoms. The molecule has 102 valence electrons. The van der Waals surface area contributed by atoms with Gasteiger partial charge in [-0.15, -0.1) is 0 Å². The van der Waals surface area contributed by atoms with E-state index in [4.69, 9.17) is 5.73 Å². The third-order valence-corrected chi connectivity index (χ3v) is 3.84. The van der Waals surface area contributed by atoms with E-state index < -0.39 is 0 Å². The number of hydrogen-bond acceptors (Lipinski definition) is 2. The molecule has 0 saturated heterocycles. The second-order valence-corrected chi connectivity index (χ2v) is 5.44. The number of amides is 1. The Balaban J connectivity index is 1.74. The number of hydrogen-bond donors (Lipinski definition) is 2. The molecule has 0 radical (unpaired) electrons. The molecule has 1 aliphatic carbocycles. The van der Waals surface area contributed by atoms with Gasteiger partial charge < -0.3 is 11.1 Å². The molecule has 2 aromatic rings. The largest absolute Gasteiger partial charge is 0.398 e. The number of nitrogens with one attached hydrogen (secondary N) is 1. The van der Waals surface area contributed by atoms with Crippen molar-refractivity contribution in [3.63, 3.8) is 0 Å². The minimum absolute atomic E-state index is 0.0796. The summed E-state index contributed by atoms with van der Waals surface area (Å²) < 4.78 is 0. The van der Waals surface area contributed by atoms with E-state index in [-0.39, 0.29) is 11.9 Å². The molecule has 0 heterocycles. The molecule has 0 saturated carbocycles. The molecule has 0 spiro atoms. The van der Waals surface area contributed by atoms with Crippen LogP contribution < -0.4 is 11.1 Å². The van der Waals surface area contributed by atoms with Crippen LogP contribution in [0.2, 0.25) is 0 Å². The van der Waals surface area contributed by atoms with Crippen LogP contribution in [-0.4, -0.2) is 11.9 Å². The van der Waals surface area contributed by atoms with Crippen molar-refractivity contribution < 1.29 is 4.79 Å². The number of carbonyl (C=O) groups is 1. The highest BCUT2D eigenvalue weighted by Crippen LogP contribution is 2.22. The fraction of sp³-hybridized carbons (Fsp3) is 0.235. The summed E-state index contributed by atoms with van der Waals surface area (Å²) >= 11 is 0. The van der Waals surface area contributed by atoms with Crippen molar-refractivity contribution >= 4 is 11.6 Å². The number of carbonyl (C=O) groups excluding carboxylic acids is 1. The average Bonchev–Trinajstić information content (AvgIpc) is 2.83. The van der Waals surface area contributed by atoms with Crippen LogP contribution in [0.25, 0.3) is 0 Å². The SMILES string of the molecule is Cc1ccc(N)c(C(=O)NC2Cc3ccccc3C2)c1. The van der Waals surface area contributed by atoms with Gasteiger partial charge in [0.15, 0.2) is 0 Å². The average molecular weight is 266 g/mol. The molecule has 2 aromatic carbocycles. The van der Waals surface area contributed by atoms with Crippen molar-refractivity contribution in [2.45, 2.75) is 25.8 Å². The Morgan fingerprint density at radius 1 is 1.15 bits per heavy atom. The maximum Gasteiger partial charge on any atom is 0.253 e. The minimum atomic E-state index is -0.0796. The van der Waals surface area contributed by atoms with Crippen LogP contribution >= 0.6 is 0 Å². The number of benzene rings is 2. The zero-order valence-corrected chi connectivity index (χ0v) is 11.5. The Hall–Kier alpha value is -2.29. The fourth-order valence-electron chi connectivity index (χ4n) is 2.79. The predicted octanol–water partition coefficient (Wildman–Crippen LogP) is 2.47. The summed E-state index contributed by atoms with van der Waals surface area (Å²) in [5, 5.41) is 3.09. The summed E-state index contributed by atoms with van der Waals surface area (Å²) in [6.07, 6.45) is 1.79. The van der Waals surface area contributed by atoms with E-state index in [0.29, 0.717) is 11.3 Å². The molecule has 0 aromatic heterocycles. The van der Waals surface area contributed by atoms with Crippen LogP contribution in [0.1, 0.15) is 27.0 Å². The lowest BCUT2D eigenvalue weighted by Crippen LogP contribution is -2.35. The second-order valence-electron chi connectivity index (χ2n) is 5.44. The first kappa shape index (κ1) is 12.7. The van der Waals surface area contributed by atoms with E-state index in [1.54, 1.807) is 6.07 Å². The van der Waals surface area contributed by atoms with Crippen molar-refractivity contribution in [3.05, 3.63) is 64.7 Å². The highest BCUT2D eigenvalue weighted by atomic mass is 16.1. The van der Waals surface area contributed by atoms with Crippen LogP contribution in [0.4, 0.5) is 5.69 Å². The first-order valence-corrected chi connectivity index (χ1v) is 6.87. The predicted molar refractivity (Wildman–Crippen MR) is 80.7 cm³/mol. The normalized spacial score (nSPS) is 14.1. The molecule has 0 bridgehead atoms. The summed E-state index contributed by atoms with van der Waals surface area (Å²) in [5.41, 5.74) is 10.7. The summed E-state index contributed by atoms with van der Waals surface area (Å²) in [7, 11) is 0. The summed E-state index contributed by atoms with van der Waals surface area (Å²) in [5.74, 6) is -0.0796. The van der Waals surface area contributed by atoms with Gasteiger partial charge in [0.05, 0.1) is 5.56 Å². The number of nitrogens with two attached hydrogens (primary N) is 1. The third kappa shape index (κ3) is 2.39. The third-order valence-electron chi connectivity index (χ3n) is 3.84. The smallest absolute Gasteiger partial charge is 0.253 e. The summed E-state index contributed by atoms with van der Waals surface area (Å²) in [6.45, 7) is 1.96. The van der Waals surface area contributed by atoms with Crippen LogP contribution in [0.5, 0.6) is 0 Å². The van der Waals surface area contributed by atoms with Gasteiger partial charge in [0.1, 0.15) is 0 Å². The van der Waals surface area contributed by atoms with E-state index in [1.165, 1.54) is 11.1 Å². The Labute approximate surface area is 118 Å². The highest BCUT2D eigenvalue weighted by molar-refractivity contribution is 5.99. The maximum absolute atomic E-state index is 12.3. The van der Waals surface area contributed by atoms with Gasteiger partial charge in [0, 0.05) is 11.7 Å². The molecule has 3 N–H and O–H groups in total. The molecule has 20 heavy (non-hydrogen) atoms. The van der Waals surface area contributed by atoms with E-state index in [0.717, 1.165) is 18.4 Å². The Morgan fingerprint density at radius 2 is 1.80 bits per heavy atom. The van der Waals surface area contributed by atoms with Gasteiger partial charge in [0.2, 0.25) is 0 Å². The second kappa shape index (κ2) is 5.00. The molecule has 0 atom stereocenters. The van der Waals surface area contributed by atoms with Crippen LogP contribution in [0.3, 0.4) is 0 Å². The first-order valence-electron chi connectivity index (χ1n) is 6.87. The molecular formula is C17H18N2O.